The summed E-state index contributed by atoms with van der Waals surface area (Å²) in [5.41, 5.74) is 3.58. The van der Waals surface area contributed by atoms with Crippen LogP contribution in [0.3, 0.4) is 0 Å². The summed E-state index contributed by atoms with van der Waals surface area (Å²) < 4.78 is 14.8. The number of ether oxygens (including phenoxy) is 3. The minimum Gasteiger partial charge on any atom is -0.469 e. The second-order valence-electron chi connectivity index (χ2n) is 8.22. The minimum atomic E-state index is -0.543. The molecule has 0 unspecified atom stereocenters. The van der Waals surface area contributed by atoms with E-state index >= 15 is 0 Å². The van der Waals surface area contributed by atoms with E-state index in [0.29, 0.717) is 37.8 Å². The molecule has 194 valence electrons. The zero-order chi connectivity index (χ0) is 26.2. The summed E-state index contributed by atoms with van der Waals surface area (Å²) in [5, 5.41) is 5.43. The van der Waals surface area contributed by atoms with Gasteiger partial charge < -0.3 is 19.5 Å². The number of carbonyl (C=O) groups excluding carboxylic acids is 4. The molecule has 0 aliphatic carbocycles. The second-order valence-corrected chi connectivity index (χ2v) is 8.22. The quantitative estimate of drug-likeness (QED) is 0.217. The van der Waals surface area contributed by atoms with E-state index < -0.39 is 6.09 Å². The average Bonchev–Trinajstić information content (AvgIpc) is 2.86. The van der Waals surface area contributed by atoms with Gasteiger partial charge in [-0.3, -0.25) is 19.7 Å². The maximum absolute atomic E-state index is 12.0. The number of esters is 2. The number of rotatable bonds is 14. The van der Waals surface area contributed by atoms with E-state index in [1.807, 2.05) is 48.5 Å². The lowest BCUT2D eigenvalue weighted by Gasteiger charge is -2.09. The highest BCUT2D eigenvalue weighted by Gasteiger charge is 2.07. The molecule has 2 N–H and O–H groups in total. The lowest BCUT2D eigenvalue weighted by atomic mass is 10.0. The van der Waals surface area contributed by atoms with Crippen LogP contribution < -0.4 is 10.6 Å². The third-order valence-corrected chi connectivity index (χ3v) is 5.16. The zero-order valence-electron chi connectivity index (χ0n) is 20.8. The normalized spacial score (nSPS) is 10.3. The van der Waals surface area contributed by atoms with Gasteiger partial charge in [-0.1, -0.05) is 24.3 Å². The standard InChI is InChI=1S/C27H34N2O7/c1-20(30)28-23-13-9-21(10-14-23)19-22-11-15-24(16-12-22)29-27(33)36-18-6-5-17-35-26(32)8-4-3-7-25(31)34-2/h9-16H,3-8,17-19H2,1-2H3,(H,28,30)(H,29,33). The summed E-state index contributed by atoms with van der Waals surface area (Å²) in [4.78, 5) is 45.7. The SMILES string of the molecule is COC(=O)CCCCC(=O)OCCCCOC(=O)Nc1ccc(Cc2ccc(NC(C)=O)cc2)cc1. The van der Waals surface area contributed by atoms with Crippen molar-refractivity contribution < 1.29 is 33.4 Å². The Balaban J connectivity index is 1.57. The van der Waals surface area contributed by atoms with E-state index in [1.165, 1.54) is 14.0 Å². The first-order valence-corrected chi connectivity index (χ1v) is 12.0. The van der Waals surface area contributed by atoms with Crippen molar-refractivity contribution in [3.8, 4) is 0 Å². The molecular weight excluding hydrogens is 464 g/mol. The van der Waals surface area contributed by atoms with Crippen molar-refractivity contribution in [2.24, 2.45) is 0 Å². The van der Waals surface area contributed by atoms with Crippen molar-refractivity contribution in [3.05, 3.63) is 59.7 Å². The van der Waals surface area contributed by atoms with E-state index in [0.717, 1.165) is 23.2 Å². The van der Waals surface area contributed by atoms with Gasteiger partial charge in [0, 0.05) is 31.1 Å². The minimum absolute atomic E-state index is 0.105. The molecule has 2 aromatic rings. The largest absolute Gasteiger partial charge is 0.469 e. The predicted molar refractivity (Wildman–Crippen MR) is 136 cm³/mol. The fraction of sp³-hybridized carbons (Fsp3) is 0.407. The molecule has 36 heavy (non-hydrogen) atoms. The van der Waals surface area contributed by atoms with Gasteiger partial charge in [0.25, 0.3) is 0 Å². The fourth-order valence-electron chi connectivity index (χ4n) is 3.27. The monoisotopic (exact) mass is 498 g/mol. The smallest absolute Gasteiger partial charge is 0.411 e. The van der Waals surface area contributed by atoms with Crippen LogP contribution >= 0.6 is 0 Å². The van der Waals surface area contributed by atoms with E-state index in [9.17, 15) is 19.2 Å². The molecule has 0 radical (unpaired) electrons. The first-order valence-electron chi connectivity index (χ1n) is 12.0. The van der Waals surface area contributed by atoms with Crippen LogP contribution in [0.2, 0.25) is 0 Å². The number of anilines is 2. The van der Waals surface area contributed by atoms with Crippen molar-refractivity contribution in [1.82, 2.24) is 0 Å². The van der Waals surface area contributed by atoms with Gasteiger partial charge in [0.2, 0.25) is 5.91 Å². The van der Waals surface area contributed by atoms with Gasteiger partial charge in [-0.05, 0) is 67.5 Å². The molecule has 0 aromatic heterocycles. The van der Waals surface area contributed by atoms with E-state index in [4.69, 9.17) is 9.47 Å². The van der Waals surface area contributed by atoms with Crippen molar-refractivity contribution in [3.63, 3.8) is 0 Å². The predicted octanol–water partition coefficient (Wildman–Crippen LogP) is 4.84. The summed E-state index contributed by atoms with van der Waals surface area (Å²) in [6.07, 6.45) is 3.06. The molecule has 0 fully saturated rings. The summed E-state index contributed by atoms with van der Waals surface area (Å²) in [6, 6.07) is 15.1. The molecule has 0 aliphatic heterocycles. The first kappa shape index (κ1) is 28.4. The number of carbonyl (C=O) groups is 4. The number of benzene rings is 2. The van der Waals surface area contributed by atoms with E-state index in [1.54, 1.807) is 0 Å². The third kappa shape index (κ3) is 12.0. The molecule has 2 rings (SSSR count). The molecule has 2 aromatic carbocycles. The number of hydrogen-bond acceptors (Lipinski definition) is 7. The van der Waals surface area contributed by atoms with E-state index in [-0.39, 0.29) is 37.5 Å². The van der Waals surface area contributed by atoms with Gasteiger partial charge in [-0.15, -0.1) is 0 Å². The summed E-state index contributed by atoms with van der Waals surface area (Å²) in [5.74, 6) is -0.691. The molecule has 0 spiro atoms. The Morgan fingerprint density at radius 3 is 1.69 bits per heavy atom. The summed E-state index contributed by atoms with van der Waals surface area (Å²) in [6.45, 7) is 1.95. The fourth-order valence-corrected chi connectivity index (χ4v) is 3.27. The summed E-state index contributed by atoms with van der Waals surface area (Å²) >= 11 is 0. The Hall–Kier alpha value is -3.88. The lowest BCUT2D eigenvalue weighted by Crippen LogP contribution is -2.15. The molecular formula is C27H34N2O7. The van der Waals surface area contributed by atoms with Gasteiger partial charge in [0.15, 0.2) is 0 Å². The Morgan fingerprint density at radius 2 is 1.17 bits per heavy atom. The molecule has 0 atom stereocenters. The number of nitrogens with one attached hydrogen (secondary N) is 2. The van der Waals surface area contributed by atoms with Crippen LogP contribution in [-0.4, -0.2) is 44.3 Å². The Bertz CT molecular complexity index is 988. The summed E-state index contributed by atoms with van der Waals surface area (Å²) in [7, 11) is 1.34. The van der Waals surface area contributed by atoms with Crippen LogP contribution in [0, 0.1) is 0 Å². The number of amides is 2. The highest BCUT2D eigenvalue weighted by molar-refractivity contribution is 5.88. The Labute approximate surface area is 211 Å². The topological polar surface area (TPSA) is 120 Å². The highest BCUT2D eigenvalue weighted by atomic mass is 16.5. The number of methoxy groups -OCH3 is 1. The lowest BCUT2D eigenvalue weighted by molar-refractivity contribution is -0.145. The molecule has 0 heterocycles. The van der Waals surface area contributed by atoms with Gasteiger partial charge in [0.1, 0.15) is 0 Å². The average molecular weight is 499 g/mol. The van der Waals surface area contributed by atoms with Crippen LogP contribution in [-0.2, 0) is 35.0 Å². The van der Waals surface area contributed by atoms with Crippen LogP contribution in [0.1, 0.15) is 56.6 Å². The van der Waals surface area contributed by atoms with Crippen LogP contribution in [0.5, 0.6) is 0 Å². The van der Waals surface area contributed by atoms with Crippen molar-refractivity contribution >= 4 is 35.3 Å². The van der Waals surface area contributed by atoms with Gasteiger partial charge >= 0.3 is 18.0 Å². The molecule has 0 bridgehead atoms. The van der Waals surface area contributed by atoms with E-state index in [2.05, 4.69) is 15.4 Å². The molecule has 9 heteroatoms. The Morgan fingerprint density at radius 1 is 0.667 bits per heavy atom. The van der Waals surface area contributed by atoms with Crippen molar-refractivity contribution in [1.29, 1.82) is 0 Å². The van der Waals surface area contributed by atoms with Crippen molar-refractivity contribution in [2.75, 3.05) is 31.0 Å². The maximum Gasteiger partial charge on any atom is 0.411 e. The van der Waals surface area contributed by atoms with Crippen molar-refractivity contribution in [2.45, 2.75) is 51.9 Å². The van der Waals surface area contributed by atoms with Crippen LogP contribution in [0.25, 0.3) is 0 Å². The van der Waals surface area contributed by atoms with Gasteiger partial charge in [-0.2, -0.15) is 0 Å². The van der Waals surface area contributed by atoms with Gasteiger partial charge in [0.05, 0.1) is 20.3 Å². The highest BCUT2D eigenvalue weighted by Crippen LogP contribution is 2.16. The van der Waals surface area contributed by atoms with Gasteiger partial charge in [-0.25, -0.2) is 4.79 Å². The molecule has 9 nitrogen and oxygen atoms in total. The maximum atomic E-state index is 12.0. The molecule has 0 saturated carbocycles. The number of hydrogen-bond donors (Lipinski definition) is 2. The third-order valence-electron chi connectivity index (χ3n) is 5.16. The Kier molecular flexibility index (Phi) is 12.5. The first-order chi connectivity index (χ1) is 17.4. The van der Waals surface area contributed by atoms with Crippen LogP contribution in [0.15, 0.2) is 48.5 Å². The number of unbranched alkanes of at least 4 members (excludes halogenated alkanes) is 2. The second kappa shape index (κ2) is 15.9. The molecule has 2 amide bonds. The zero-order valence-corrected chi connectivity index (χ0v) is 20.8. The molecule has 0 aliphatic rings. The molecule has 0 saturated heterocycles. The van der Waals surface area contributed by atoms with Crippen LogP contribution in [0.4, 0.5) is 16.2 Å².